The normalized spacial score (nSPS) is 13.4. The van der Waals surface area contributed by atoms with Gasteiger partial charge in [-0.3, -0.25) is 14.4 Å². The van der Waals surface area contributed by atoms with Crippen LogP contribution in [0.5, 0.6) is 0 Å². The van der Waals surface area contributed by atoms with Gasteiger partial charge in [0.25, 0.3) is 5.91 Å². The van der Waals surface area contributed by atoms with Gasteiger partial charge in [0.15, 0.2) is 5.69 Å². The van der Waals surface area contributed by atoms with Crippen molar-refractivity contribution in [3.8, 4) is 0 Å². The first-order chi connectivity index (χ1) is 12.4. The van der Waals surface area contributed by atoms with Crippen molar-refractivity contribution < 1.29 is 18.9 Å². The molecule has 8 heteroatoms. The smallest absolute Gasteiger partial charge is 0.304 e. The lowest BCUT2D eigenvalue weighted by molar-refractivity contribution is 0.0900. The summed E-state index contributed by atoms with van der Waals surface area (Å²) in [5, 5.41) is 4.42. The highest BCUT2D eigenvalue weighted by Crippen LogP contribution is 2.32. The van der Waals surface area contributed by atoms with Gasteiger partial charge in [-0.2, -0.15) is 0 Å². The number of fused-ring (bicyclic) bond motifs is 1. The Hall–Kier alpha value is -3.13. The molecule has 0 saturated heterocycles. The number of carbonyl (C=O) groups is 3. The molecule has 0 saturated carbocycles. The van der Waals surface area contributed by atoms with E-state index in [1.54, 1.807) is 38.1 Å². The largest absolute Gasteiger partial charge is 0.349 e. The Morgan fingerprint density at radius 1 is 1.08 bits per heavy atom. The minimum atomic E-state index is -0.627. The van der Waals surface area contributed by atoms with Crippen LogP contribution < -0.4 is 4.90 Å². The van der Waals surface area contributed by atoms with Crippen molar-refractivity contribution in [1.29, 1.82) is 0 Å². The summed E-state index contributed by atoms with van der Waals surface area (Å²) in [6, 6.07) is 6.93. The fourth-order valence-electron chi connectivity index (χ4n) is 2.87. The van der Waals surface area contributed by atoms with Crippen LogP contribution in [0.15, 0.2) is 28.8 Å². The molecular formula is C18H13N3O4S. The molecule has 130 valence electrons. The molecule has 2 aromatic heterocycles. The van der Waals surface area contributed by atoms with Crippen molar-refractivity contribution in [3.63, 3.8) is 0 Å². The van der Waals surface area contributed by atoms with Gasteiger partial charge in [0, 0.05) is 0 Å². The zero-order valence-corrected chi connectivity index (χ0v) is 15.0. The molecule has 0 atom stereocenters. The van der Waals surface area contributed by atoms with Crippen LogP contribution in [-0.4, -0.2) is 27.7 Å². The Balaban J connectivity index is 1.77. The van der Waals surface area contributed by atoms with Gasteiger partial charge in [-0.1, -0.05) is 22.9 Å². The number of aryl methyl sites for hydroxylation is 3. The van der Waals surface area contributed by atoms with Crippen LogP contribution in [0.2, 0.25) is 0 Å². The number of ketones is 1. The maximum atomic E-state index is 12.8. The number of hydrogen-bond acceptors (Lipinski definition) is 7. The zero-order chi connectivity index (χ0) is 18.6. The number of carbonyl (C=O) groups excluding carboxylic acids is 3. The number of benzene rings is 1. The quantitative estimate of drug-likeness (QED) is 0.522. The van der Waals surface area contributed by atoms with E-state index in [9.17, 15) is 14.4 Å². The van der Waals surface area contributed by atoms with Crippen LogP contribution in [0, 0.1) is 20.8 Å². The van der Waals surface area contributed by atoms with Gasteiger partial charge in [-0.25, -0.2) is 9.88 Å². The summed E-state index contributed by atoms with van der Waals surface area (Å²) in [6.07, 6.45) is 0. The number of anilines is 1. The lowest BCUT2D eigenvalue weighted by atomic mass is 10.1. The third kappa shape index (κ3) is 2.30. The van der Waals surface area contributed by atoms with Crippen molar-refractivity contribution in [1.82, 2.24) is 10.1 Å². The zero-order valence-electron chi connectivity index (χ0n) is 14.2. The van der Waals surface area contributed by atoms with E-state index in [1.807, 2.05) is 6.92 Å². The molecule has 3 aromatic rings. The maximum absolute atomic E-state index is 12.8. The number of nitrogens with zero attached hydrogens (tertiary/aromatic N) is 3. The lowest BCUT2D eigenvalue weighted by Gasteiger charge is -2.13. The fourth-order valence-corrected chi connectivity index (χ4v) is 3.73. The molecule has 0 spiro atoms. The molecule has 0 aliphatic carbocycles. The highest BCUT2D eigenvalue weighted by Gasteiger charge is 2.45. The van der Waals surface area contributed by atoms with Crippen LogP contribution in [-0.2, 0) is 0 Å². The summed E-state index contributed by atoms with van der Waals surface area (Å²) in [5.74, 6) is -1.92. The summed E-state index contributed by atoms with van der Waals surface area (Å²) in [5.41, 5.74) is 1.73. The van der Waals surface area contributed by atoms with E-state index < -0.39 is 17.6 Å². The molecule has 0 unspecified atom stereocenters. The third-order valence-electron chi connectivity index (χ3n) is 4.12. The van der Waals surface area contributed by atoms with Gasteiger partial charge >= 0.3 is 5.91 Å². The highest BCUT2D eigenvalue weighted by atomic mass is 32.1. The van der Waals surface area contributed by atoms with Crippen LogP contribution in [0.1, 0.15) is 52.5 Å². The number of thiazole rings is 1. The molecule has 0 radical (unpaired) electrons. The van der Waals surface area contributed by atoms with Crippen LogP contribution in [0.4, 0.5) is 5.69 Å². The van der Waals surface area contributed by atoms with Gasteiger partial charge in [0.1, 0.15) is 5.56 Å². The standard InChI is InChI=1S/C18H13N3O4S/c1-8-4-6-11(7-5-8)21-17(23)12-13(20-25-15(12)18(21)24)14(22)16-9(2)19-10(3)26-16/h4-7H,1-3H3. The summed E-state index contributed by atoms with van der Waals surface area (Å²) < 4.78 is 5.06. The average Bonchev–Trinajstić information content (AvgIpc) is 3.24. The second kappa shape index (κ2) is 5.70. The number of imide groups is 1. The number of rotatable bonds is 3. The number of aromatic nitrogens is 2. The maximum Gasteiger partial charge on any atom is 0.304 e. The number of hydrogen-bond donors (Lipinski definition) is 0. The Morgan fingerprint density at radius 2 is 1.77 bits per heavy atom. The topological polar surface area (TPSA) is 93.4 Å². The second-order valence-corrected chi connectivity index (χ2v) is 7.20. The van der Waals surface area contributed by atoms with Gasteiger partial charge in [0.05, 0.1) is 21.3 Å². The summed E-state index contributed by atoms with van der Waals surface area (Å²) in [4.78, 5) is 43.8. The van der Waals surface area contributed by atoms with E-state index in [4.69, 9.17) is 4.52 Å². The van der Waals surface area contributed by atoms with Gasteiger partial charge in [-0.05, 0) is 32.9 Å². The van der Waals surface area contributed by atoms with E-state index in [2.05, 4.69) is 10.1 Å². The number of amides is 2. The fraction of sp³-hybridized carbons (Fsp3) is 0.167. The van der Waals surface area contributed by atoms with Crippen LogP contribution >= 0.6 is 11.3 Å². The molecule has 0 N–H and O–H groups in total. The van der Waals surface area contributed by atoms with Crippen molar-refractivity contribution in [2.24, 2.45) is 0 Å². The van der Waals surface area contributed by atoms with E-state index in [0.717, 1.165) is 15.5 Å². The van der Waals surface area contributed by atoms with Gasteiger partial charge in [-0.15, -0.1) is 11.3 Å². The first-order valence-corrected chi connectivity index (χ1v) is 8.64. The minimum absolute atomic E-state index is 0.0916. The summed E-state index contributed by atoms with van der Waals surface area (Å²) >= 11 is 1.21. The molecule has 0 bridgehead atoms. The van der Waals surface area contributed by atoms with Gasteiger partial charge < -0.3 is 4.52 Å². The summed E-state index contributed by atoms with van der Waals surface area (Å²) in [6.45, 7) is 5.40. The summed E-state index contributed by atoms with van der Waals surface area (Å²) in [7, 11) is 0. The monoisotopic (exact) mass is 367 g/mol. The minimum Gasteiger partial charge on any atom is -0.349 e. The van der Waals surface area contributed by atoms with Crippen molar-refractivity contribution in [2.45, 2.75) is 20.8 Å². The van der Waals surface area contributed by atoms with Crippen molar-refractivity contribution in [2.75, 3.05) is 4.90 Å². The molecule has 2 amide bonds. The van der Waals surface area contributed by atoms with Crippen molar-refractivity contribution in [3.05, 3.63) is 62.4 Å². The SMILES string of the molecule is Cc1ccc(N2C(=O)c3onc(C(=O)c4sc(C)nc4C)c3C2=O)cc1. The molecule has 1 aromatic carbocycles. The predicted octanol–water partition coefficient (Wildman–Crippen LogP) is 3.09. The molecule has 4 rings (SSSR count). The second-order valence-electron chi connectivity index (χ2n) is 5.99. The molecule has 26 heavy (non-hydrogen) atoms. The molecule has 1 aliphatic rings. The molecule has 1 aliphatic heterocycles. The van der Waals surface area contributed by atoms with Crippen LogP contribution in [0.3, 0.4) is 0 Å². The molecular weight excluding hydrogens is 354 g/mol. The molecule has 7 nitrogen and oxygen atoms in total. The molecule has 0 fully saturated rings. The third-order valence-corrected chi connectivity index (χ3v) is 5.20. The van der Waals surface area contributed by atoms with Crippen LogP contribution in [0.25, 0.3) is 0 Å². The first-order valence-electron chi connectivity index (χ1n) is 7.82. The van der Waals surface area contributed by atoms with E-state index >= 15 is 0 Å². The molecule has 3 heterocycles. The van der Waals surface area contributed by atoms with E-state index in [1.165, 1.54) is 11.3 Å². The van der Waals surface area contributed by atoms with E-state index in [-0.39, 0.29) is 17.0 Å². The Bertz CT molecular complexity index is 1080. The Labute approximate surface area is 152 Å². The Morgan fingerprint density at radius 3 is 2.38 bits per heavy atom. The highest BCUT2D eigenvalue weighted by molar-refractivity contribution is 7.14. The first kappa shape index (κ1) is 16.3. The Kier molecular flexibility index (Phi) is 3.58. The van der Waals surface area contributed by atoms with Gasteiger partial charge in [0.2, 0.25) is 11.5 Å². The van der Waals surface area contributed by atoms with E-state index in [0.29, 0.717) is 16.3 Å². The lowest BCUT2D eigenvalue weighted by Crippen LogP contribution is -2.30. The average molecular weight is 367 g/mol. The predicted molar refractivity (Wildman–Crippen MR) is 93.8 cm³/mol. The van der Waals surface area contributed by atoms with Crippen molar-refractivity contribution >= 4 is 34.6 Å².